The first-order chi connectivity index (χ1) is 18.7. The van der Waals surface area contributed by atoms with Crippen LogP contribution in [0.3, 0.4) is 0 Å². The molecule has 0 aromatic heterocycles. The Kier molecular flexibility index (Phi) is 9.79. The van der Waals surface area contributed by atoms with Crippen molar-refractivity contribution in [2.45, 2.75) is 77.9 Å². The van der Waals surface area contributed by atoms with Crippen LogP contribution in [0, 0.1) is 20.8 Å². The number of benzene rings is 3. The van der Waals surface area contributed by atoms with Crippen molar-refractivity contribution in [1.82, 2.24) is 10.2 Å². The predicted molar refractivity (Wildman–Crippen MR) is 161 cm³/mol. The lowest BCUT2D eigenvalue weighted by atomic mass is 10.0. The van der Waals surface area contributed by atoms with Crippen LogP contribution in [0.4, 0.5) is 5.69 Å². The van der Waals surface area contributed by atoms with E-state index in [1.54, 1.807) is 36.4 Å². The van der Waals surface area contributed by atoms with Crippen molar-refractivity contribution >= 4 is 27.5 Å². The number of carbonyl (C=O) groups excluding carboxylic acids is 2. The molecule has 0 heterocycles. The first-order valence-electron chi connectivity index (χ1n) is 13.5. The van der Waals surface area contributed by atoms with Crippen molar-refractivity contribution in [1.29, 1.82) is 0 Å². The van der Waals surface area contributed by atoms with Crippen LogP contribution in [0.2, 0.25) is 0 Å². The zero-order valence-electron chi connectivity index (χ0n) is 24.6. The molecule has 0 radical (unpaired) electrons. The summed E-state index contributed by atoms with van der Waals surface area (Å²) in [5, 5.41) is 2.99. The molecule has 1 atom stereocenters. The largest absolute Gasteiger partial charge is 0.350 e. The molecule has 0 bridgehead atoms. The van der Waals surface area contributed by atoms with Gasteiger partial charge in [0.2, 0.25) is 11.8 Å². The molecule has 3 rings (SSSR count). The molecule has 3 aromatic rings. The molecule has 0 aliphatic carbocycles. The third-order valence-corrected chi connectivity index (χ3v) is 8.48. The molecule has 214 valence electrons. The number of carbonyl (C=O) groups is 2. The molecule has 7 nitrogen and oxygen atoms in total. The van der Waals surface area contributed by atoms with E-state index in [2.05, 4.69) is 5.32 Å². The second-order valence-electron chi connectivity index (χ2n) is 11.3. The highest BCUT2D eigenvalue weighted by molar-refractivity contribution is 7.92. The highest BCUT2D eigenvalue weighted by Gasteiger charge is 2.34. The van der Waals surface area contributed by atoms with E-state index in [0.29, 0.717) is 12.1 Å². The maximum atomic E-state index is 14.2. The van der Waals surface area contributed by atoms with E-state index in [1.807, 2.05) is 84.9 Å². The fourth-order valence-electron chi connectivity index (χ4n) is 4.42. The molecule has 0 spiro atoms. The zero-order chi connectivity index (χ0) is 29.7. The molecule has 0 aliphatic heterocycles. The number of aryl methyl sites for hydroxylation is 3. The Morgan fingerprint density at radius 3 is 1.93 bits per heavy atom. The monoisotopic (exact) mass is 563 g/mol. The van der Waals surface area contributed by atoms with E-state index in [-0.39, 0.29) is 17.3 Å². The number of anilines is 1. The Morgan fingerprint density at radius 2 is 1.40 bits per heavy atom. The number of nitrogens with zero attached hydrogens (tertiary/aromatic N) is 2. The van der Waals surface area contributed by atoms with Crippen molar-refractivity contribution in [2.24, 2.45) is 0 Å². The normalized spacial score (nSPS) is 12.5. The maximum Gasteiger partial charge on any atom is 0.264 e. The lowest BCUT2D eigenvalue weighted by Crippen LogP contribution is -2.55. The standard InChI is InChI=1S/C32H41N3O4S/c1-8-29(31(37)33-32(5,6)7)34(21-26-12-10-9-11-25(26)4)30(36)22-35(27-17-13-23(2)14-18-27)40(38,39)28-19-15-24(3)16-20-28/h9-20,29H,8,21-22H2,1-7H3,(H,33,37). The van der Waals surface area contributed by atoms with E-state index in [1.165, 1.54) is 4.90 Å². The van der Waals surface area contributed by atoms with Gasteiger partial charge in [0.25, 0.3) is 10.0 Å². The number of hydrogen-bond donors (Lipinski definition) is 1. The molecule has 1 N–H and O–H groups in total. The molecule has 0 fully saturated rings. The van der Waals surface area contributed by atoms with Crippen molar-refractivity contribution in [3.05, 3.63) is 95.1 Å². The second-order valence-corrected chi connectivity index (χ2v) is 13.1. The maximum absolute atomic E-state index is 14.2. The molecule has 3 aromatic carbocycles. The summed E-state index contributed by atoms with van der Waals surface area (Å²) in [6.07, 6.45) is 0.370. The fraction of sp³-hybridized carbons (Fsp3) is 0.375. The van der Waals surface area contributed by atoms with E-state index in [4.69, 9.17) is 0 Å². The summed E-state index contributed by atoms with van der Waals surface area (Å²) in [5.41, 5.74) is 3.65. The van der Waals surface area contributed by atoms with Gasteiger partial charge in [-0.2, -0.15) is 0 Å². The SMILES string of the molecule is CCC(C(=O)NC(C)(C)C)N(Cc1ccccc1C)C(=O)CN(c1ccc(C)cc1)S(=O)(=O)c1ccc(C)cc1. The van der Waals surface area contributed by atoms with Gasteiger partial charge >= 0.3 is 0 Å². The third kappa shape index (κ3) is 7.72. The van der Waals surface area contributed by atoms with Gasteiger partial charge < -0.3 is 10.2 Å². The van der Waals surface area contributed by atoms with Crippen LogP contribution < -0.4 is 9.62 Å². The number of sulfonamides is 1. The first kappa shape index (κ1) is 30.9. The lowest BCUT2D eigenvalue weighted by Gasteiger charge is -2.35. The van der Waals surface area contributed by atoms with Crippen LogP contribution in [0.25, 0.3) is 0 Å². The number of rotatable bonds is 10. The highest BCUT2D eigenvalue weighted by Crippen LogP contribution is 2.26. The summed E-state index contributed by atoms with van der Waals surface area (Å²) < 4.78 is 29.0. The van der Waals surface area contributed by atoms with Crippen LogP contribution in [0.1, 0.15) is 56.4 Å². The first-order valence-corrected chi connectivity index (χ1v) is 15.0. The van der Waals surface area contributed by atoms with Gasteiger partial charge in [0.15, 0.2) is 0 Å². The molecular formula is C32H41N3O4S. The average Bonchev–Trinajstić information content (AvgIpc) is 2.88. The number of amides is 2. The fourth-order valence-corrected chi connectivity index (χ4v) is 5.83. The van der Waals surface area contributed by atoms with Gasteiger partial charge in [-0.1, -0.05) is 66.6 Å². The summed E-state index contributed by atoms with van der Waals surface area (Å²) in [7, 11) is -4.09. The smallest absolute Gasteiger partial charge is 0.264 e. The Hall–Kier alpha value is -3.65. The molecule has 2 amide bonds. The van der Waals surface area contributed by atoms with E-state index in [9.17, 15) is 18.0 Å². The molecule has 0 saturated carbocycles. The molecule has 0 saturated heterocycles. The minimum Gasteiger partial charge on any atom is -0.350 e. The lowest BCUT2D eigenvalue weighted by molar-refractivity contribution is -0.141. The summed E-state index contributed by atoms with van der Waals surface area (Å²) >= 11 is 0. The molecular weight excluding hydrogens is 522 g/mol. The van der Waals surface area contributed by atoms with Crippen LogP contribution >= 0.6 is 0 Å². The van der Waals surface area contributed by atoms with E-state index < -0.39 is 34.1 Å². The molecule has 1 unspecified atom stereocenters. The molecule has 40 heavy (non-hydrogen) atoms. The van der Waals surface area contributed by atoms with Gasteiger partial charge in [0, 0.05) is 12.1 Å². The Balaban J connectivity index is 2.08. The summed E-state index contributed by atoms with van der Waals surface area (Å²) in [5.74, 6) is -0.740. The minimum atomic E-state index is -4.09. The van der Waals surface area contributed by atoms with Gasteiger partial charge in [-0.25, -0.2) is 8.42 Å². The van der Waals surface area contributed by atoms with Gasteiger partial charge in [-0.05, 0) is 83.4 Å². The topological polar surface area (TPSA) is 86.8 Å². The van der Waals surface area contributed by atoms with Crippen molar-refractivity contribution in [3.8, 4) is 0 Å². The number of hydrogen-bond acceptors (Lipinski definition) is 4. The quantitative estimate of drug-likeness (QED) is 0.352. The molecule has 0 aliphatic rings. The summed E-state index contributed by atoms with van der Waals surface area (Å²) in [6.45, 7) is 13.0. The van der Waals surface area contributed by atoms with Crippen LogP contribution in [0.5, 0.6) is 0 Å². The van der Waals surface area contributed by atoms with Gasteiger partial charge in [0.05, 0.1) is 10.6 Å². The van der Waals surface area contributed by atoms with E-state index >= 15 is 0 Å². The average molecular weight is 564 g/mol. The van der Waals surface area contributed by atoms with Crippen LogP contribution in [-0.4, -0.2) is 43.3 Å². The molecule has 8 heteroatoms. The van der Waals surface area contributed by atoms with Crippen molar-refractivity contribution < 1.29 is 18.0 Å². The zero-order valence-corrected chi connectivity index (χ0v) is 25.4. The third-order valence-electron chi connectivity index (χ3n) is 6.70. The minimum absolute atomic E-state index is 0.0921. The van der Waals surface area contributed by atoms with Crippen LogP contribution in [0.15, 0.2) is 77.7 Å². The number of nitrogens with one attached hydrogen (secondary N) is 1. The predicted octanol–water partition coefficient (Wildman–Crippen LogP) is 5.53. The highest BCUT2D eigenvalue weighted by atomic mass is 32.2. The van der Waals surface area contributed by atoms with Crippen molar-refractivity contribution in [3.63, 3.8) is 0 Å². The Morgan fingerprint density at radius 1 is 0.850 bits per heavy atom. The van der Waals surface area contributed by atoms with E-state index in [0.717, 1.165) is 26.6 Å². The Bertz CT molecular complexity index is 1430. The van der Waals surface area contributed by atoms with Crippen molar-refractivity contribution in [2.75, 3.05) is 10.8 Å². The van der Waals surface area contributed by atoms with Gasteiger partial charge in [0.1, 0.15) is 12.6 Å². The summed E-state index contributed by atoms with van der Waals surface area (Å²) in [4.78, 5) is 29.2. The van der Waals surface area contributed by atoms with Gasteiger partial charge in [-0.15, -0.1) is 0 Å². The second kappa shape index (κ2) is 12.7. The van der Waals surface area contributed by atoms with Crippen LogP contribution in [-0.2, 0) is 26.2 Å². The summed E-state index contributed by atoms with van der Waals surface area (Å²) in [6, 6.07) is 20.5. The van der Waals surface area contributed by atoms with Gasteiger partial charge in [-0.3, -0.25) is 13.9 Å². The Labute approximate surface area is 239 Å².